The van der Waals surface area contributed by atoms with Crippen molar-refractivity contribution in [2.45, 2.75) is 26.2 Å². The molecular weight excluding hydrogens is 228 g/mol. The molecule has 0 fully saturated rings. The number of methoxy groups -OCH3 is 1. The van der Waals surface area contributed by atoms with Crippen molar-refractivity contribution in [2.24, 2.45) is 5.92 Å². The fraction of sp³-hybridized carbons (Fsp3) is 0.571. The smallest absolute Gasteiger partial charge is 0.122 e. The predicted octanol–water partition coefficient (Wildman–Crippen LogP) is 2.49. The van der Waals surface area contributed by atoms with Crippen molar-refractivity contribution in [1.82, 2.24) is 0 Å². The molecule has 0 saturated carbocycles. The Kier molecular flexibility index (Phi) is 6.36. The number of ether oxygens (including phenoxy) is 1. The molecule has 1 atom stereocenters. The van der Waals surface area contributed by atoms with Crippen molar-refractivity contribution in [3.05, 3.63) is 18.2 Å². The van der Waals surface area contributed by atoms with Crippen LogP contribution in [0.25, 0.3) is 0 Å². The third-order valence-electron chi connectivity index (χ3n) is 2.99. The lowest BCUT2D eigenvalue weighted by Gasteiger charge is -2.17. The molecule has 0 aliphatic rings. The Hall–Kier alpha value is -1.42. The number of hydrogen-bond acceptors (Lipinski definition) is 4. The quantitative estimate of drug-likeness (QED) is 0.622. The molecule has 1 aromatic carbocycles. The molecule has 1 rings (SSSR count). The van der Waals surface area contributed by atoms with Crippen LogP contribution in [0.1, 0.15) is 26.2 Å². The Balaban J connectivity index is 2.57. The van der Waals surface area contributed by atoms with E-state index in [0.29, 0.717) is 11.6 Å². The number of nitrogens with one attached hydrogen (secondary N) is 1. The maximum absolute atomic E-state index is 9.02. The highest BCUT2D eigenvalue weighted by Crippen LogP contribution is 2.23. The Morgan fingerprint density at radius 3 is 2.72 bits per heavy atom. The van der Waals surface area contributed by atoms with Crippen LogP contribution >= 0.6 is 0 Å². The summed E-state index contributed by atoms with van der Waals surface area (Å²) < 4.78 is 5.18. The second kappa shape index (κ2) is 7.82. The molecule has 0 radical (unpaired) electrons. The van der Waals surface area contributed by atoms with Crippen LogP contribution in [-0.2, 0) is 0 Å². The molecule has 102 valence electrons. The highest BCUT2D eigenvalue weighted by Gasteiger charge is 2.07. The van der Waals surface area contributed by atoms with Gasteiger partial charge in [-0.15, -0.1) is 0 Å². The lowest BCUT2D eigenvalue weighted by Crippen LogP contribution is -2.15. The summed E-state index contributed by atoms with van der Waals surface area (Å²) in [6.07, 6.45) is 3.08. The normalized spacial score (nSPS) is 12.2. The molecule has 4 N–H and O–H groups in total. The molecule has 0 aliphatic carbocycles. The van der Waals surface area contributed by atoms with Gasteiger partial charge in [-0.1, -0.05) is 13.3 Å². The Morgan fingerprint density at radius 2 is 2.11 bits per heavy atom. The monoisotopic (exact) mass is 252 g/mol. The van der Waals surface area contributed by atoms with E-state index < -0.39 is 0 Å². The van der Waals surface area contributed by atoms with Crippen LogP contribution in [0.3, 0.4) is 0 Å². The van der Waals surface area contributed by atoms with Gasteiger partial charge in [0.2, 0.25) is 0 Å². The second-order valence-electron chi connectivity index (χ2n) is 4.54. The Bertz CT molecular complexity index is 350. The summed E-state index contributed by atoms with van der Waals surface area (Å²) in [5.41, 5.74) is 7.45. The molecule has 0 bridgehead atoms. The number of aliphatic hydroxyl groups excluding tert-OH is 1. The van der Waals surface area contributed by atoms with Gasteiger partial charge in [-0.2, -0.15) is 0 Å². The van der Waals surface area contributed by atoms with Crippen molar-refractivity contribution >= 4 is 11.4 Å². The van der Waals surface area contributed by atoms with Crippen molar-refractivity contribution in [3.63, 3.8) is 0 Å². The minimum absolute atomic E-state index is 0.243. The zero-order valence-electron chi connectivity index (χ0n) is 11.3. The molecule has 18 heavy (non-hydrogen) atoms. The molecule has 1 unspecified atom stereocenters. The summed E-state index contributed by atoms with van der Waals surface area (Å²) in [6, 6.07) is 5.62. The van der Waals surface area contributed by atoms with Gasteiger partial charge in [0.25, 0.3) is 0 Å². The highest BCUT2D eigenvalue weighted by atomic mass is 16.5. The molecule has 1 aromatic rings. The largest absolute Gasteiger partial charge is 0.497 e. The van der Waals surface area contributed by atoms with Gasteiger partial charge in [0.1, 0.15) is 5.75 Å². The average molecular weight is 252 g/mol. The van der Waals surface area contributed by atoms with Crippen LogP contribution in [-0.4, -0.2) is 25.4 Å². The number of aliphatic hydroxyl groups is 1. The van der Waals surface area contributed by atoms with Crippen LogP contribution < -0.4 is 15.8 Å². The van der Waals surface area contributed by atoms with Crippen molar-refractivity contribution in [2.75, 3.05) is 31.3 Å². The van der Waals surface area contributed by atoms with Gasteiger partial charge < -0.3 is 20.9 Å². The average Bonchev–Trinajstić information content (AvgIpc) is 2.36. The van der Waals surface area contributed by atoms with E-state index in [-0.39, 0.29) is 6.61 Å². The second-order valence-corrected chi connectivity index (χ2v) is 4.54. The number of benzene rings is 1. The summed E-state index contributed by atoms with van der Waals surface area (Å²) in [5, 5.41) is 12.4. The first-order chi connectivity index (χ1) is 8.69. The Morgan fingerprint density at radius 1 is 1.33 bits per heavy atom. The molecule has 0 heterocycles. The van der Waals surface area contributed by atoms with Crippen molar-refractivity contribution < 1.29 is 9.84 Å². The maximum Gasteiger partial charge on any atom is 0.122 e. The SMILES string of the molecule is CCCC(CCO)CNc1cc(N)cc(OC)c1. The minimum atomic E-state index is 0.243. The fourth-order valence-corrected chi connectivity index (χ4v) is 2.04. The van der Waals surface area contributed by atoms with Gasteiger partial charge in [0.15, 0.2) is 0 Å². The van der Waals surface area contributed by atoms with E-state index in [1.54, 1.807) is 13.2 Å². The minimum Gasteiger partial charge on any atom is -0.497 e. The molecule has 4 nitrogen and oxygen atoms in total. The molecular formula is C14H24N2O2. The van der Waals surface area contributed by atoms with Crippen LogP contribution in [0.5, 0.6) is 5.75 Å². The molecule has 4 heteroatoms. The number of nitrogen functional groups attached to an aromatic ring is 1. The van der Waals surface area contributed by atoms with Gasteiger partial charge >= 0.3 is 0 Å². The van der Waals surface area contributed by atoms with E-state index in [1.807, 2.05) is 12.1 Å². The molecule has 0 aromatic heterocycles. The first-order valence-corrected chi connectivity index (χ1v) is 6.48. The van der Waals surface area contributed by atoms with E-state index in [2.05, 4.69) is 12.2 Å². The van der Waals surface area contributed by atoms with Crippen LogP contribution in [0.15, 0.2) is 18.2 Å². The molecule has 0 spiro atoms. The Labute approximate surface area is 109 Å². The van der Waals surface area contributed by atoms with Gasteiger partial charge in [0.05, 0.1) is 7.11 Å². The zero-order valence-corrected chi connectivity index (χ0v) is 11.3. The van der Waals surface area contributed by atoms with Crippen molar-refractivity contribution in [3.8, 4) is 5.75 Å². The lowest BCUT2D eigenvalue weighted by molar-refractivity contribution is 0.255. The zero-order chi connectivity index (χ0) is 13.4. The molecule has 0 amide bonds. The first-order valence-electron chi connectivity index (χ1n) is 6.48. The number of hydrogen-bond donors (Lipinski definition) is 3. The summed E-state index contributed by atoms with van der Waals surface area (Å²) in [7, 11) is 1.63. The van der Waals surface area contributed by atoms with Gasteiger partial charge in [0, 0.05) is 36.7 Å². The molecule has 0 saturated heterocycles. The summed E-state index contributed by atoms with van der Waals surface area (Å²) in [4.78, 5) is 0. The van der Waals surface area contributed by atoms with Gasteiger partial charge in [-0.3, -0.25) is 0 Å². The molecule has 0 aliphatic heterocycles. The van der Waals surface area contributed by atoms with Crippen LogP contribution in [0.2, 0.25) is 0 Å². The summed E-state index contributed by atoms with van der Waals surface area (Å²) in [6.45, 7) is 3.25. The van der Waals surface area contributed by atoms with Gasteiger partial charge in [-0.05, 0) is 24.8 Å². The highest BCUT2D eigenvalue weighted by molar-refractivity contribution is 5.59. The third-order valence-corrected chi connectivity index (χ3v) is 2.99. The van der Waals surface area contributed by atoms with E-state index in [0.717, 1.165) is 37.2 Å². The number of nitrogens with two attached hydrogens (primary N) is 1. The van der Waals surface area contributed by atoms with E-state index in [4.69, 9.17) is 15.6 Å². The fourth-order valence-electron chi connectivity index (χ4n) is 2.04. The summed E-state index contributed by atoms with van der Waals surface area (Å²) in [5.74, 6) is 1.25. The van der Waals surface area contributed by atoms with Crippen molar-refractivity contribution in [1.29, 1.82) is 0 Å². The maximum atomic E-state index is 9.02. The lowest BCUT2D eigenvalue weighted by atomic mass is 10.00. The van der Waals surface area contributed by atoms with E-state index >= 15 is 0 Å². The summed E-state index contributed by atoms with van der Waals surface area (Å²) >= 11 is 0. The van der Waals surface area contributed by atoms with Crippen LogP contribution in [0.4, 0.5) is 11.4 Å². The van der Waals surface area contributed by atoms with Crippen LogP contribution in [0, 0.1) is 5.92 Å². The number of anilines is 2. The standard InChI is InChI=1S/C14H24N2O2/c1-3-4-11(5-6-17)10-16-13-7-12(15)8-14(9-13)18-2/h7-9,11,16-17H,3-6,10,15H2,1-2H3. The topological polar surface area (TPSA) is 67.5 Å². The first kappa shape index (κ1) is 14.6. The van der Waals surface area contributed by atoms with E-state index in [1.165, 1.54) is 0 Å². The number of rotatable bonds is 8. The predicted molar refractivity (Wildman–Crippen MR) is 76.0 cm³/mol. The third kappa shape index (κ3) is 4.84. The van der Waals surface area contributed by atoms with Gasteiger partial charge in [-0.25, -0.2) is 0 Å². The van der Waals surface area contributed by atoms with E-state index in [9.17, 15) is 0 Å².